The van der Waals surface area contributed by atoms with Crippen molar-refractivity contribution in [2.24, 2.45) is 5.92 Å². The zero-order chi connectivity index (χ0) is 24.4. The SMILES string of the molecule is CCOc1ccccc1CNC(=O)[C@@H]1CCCN(c2nc3c(s2)c(C)nn3-c2ccc(C)cc2)C1. The molecule has 0 saturated carbocycles. The van der Waals surface area contributed by atoms with Gasteiger partial charge in [-0.1, -0.05) is 47.2 Å². The van der Waals surface area contributed by atoms with Crippen molar-refractivity contribution in [3.63, 3.8) is 0 Å². The van der Waals surface area contributed by atoms with E-state index in [9.17, 15) is 4.79 Å². The molecular weight excluding hydrogens is 458 g/mol. The number of fused-ring (bicyclic) bond motifs is 1. The van der Waals surface area contributed by atoms with Crippen LogP contribution in [0.2, 0.25) is 0 Å². The van der Waals surface area contributed by atoms with Crippen molar-refractivity contribution in [1.82, 2.24) is 20.1 Å². The molecule has 1 atom stereocenters. The number of hydrogen-bond donors (Lipinski definition) is 1. The predicted molar refractivity (Wildman–Crippen MR) is 141 cm³/mol. The van der Waals surface area contributed by atoms with Gasteiger partial charge in [0.1, 0.15) is 5.75 Å². The van der Waals surface area contributed by atoms with Crippen molar-refractivity contribution in [2.75, 3.05) is 24.6 Å². The van der Waals surface area contributed by atoms with Crippen LogP contribution >= 0.6 is 11.3 Å². The highest BCUT2D eigenvalue weighted by Gasteiger charge is 2.28. The minimum absolute atomic E-state index is 0.0651. The Morgan fingerprint density at radius 3 is 2.77 bits per heavy atom. The fourth-order valence-electron chi connectivity index (χ4n) is 4.56. The van der Waals surface area contributed by atoms with E-state index >= 15 is 0 Å². The van der Waals surface area contributed by atoms with Crippen molar-refractivity contribution in [1.29, 1.82) is 0 Å². The third-order valence-electron chi connectivity index (χ3n) is 6.44. The number of piperidine rings is 1. The van der Waals surface area contributed by atoms with Crippen LogP contribution in [0.4, 0.5) is 5.13 Å². The van der Waals surface area contributed by atoms with Crippen LogP contribution in [0, 0.1) is 19.8 Å². The van der Waals surface area contributed by atoms with Crippen molar-refractivity contribution in [2.45, 2.75) is 40.2 Å². The third-order valence-corrected chi connectivity index (χ3v) is 7.66. The summed E-state index contributed by atoms with van der Waals surface area (Å²) in [6, 6.07) is 16.2. The molecule has 2 aromatic heterocycles. The van der Waals surface area contributed by atoms with Gasteiger partial charge in [-0.05, 0) is 51.8 Å². The number of carbonyl (C=O) groups excluding carboxylic acids is 1. The molecule has 1 aliphatic heterocycles. The van der Waals surface area contributed by atoms with E-state index in [0.717, 1.165) is 57.6 Å². The maximum absolute atomic E-state index is 13.1. The lowest BCUT2D eigenvalue weighted by Crippen LogP contribution is -2.43. The van der Waals surface area contributed by atoms with Crippen molar-refractivity contribution in [3.05, 3.63) is 65.4 Å². The number of para-hydroxylation sites is 1. The van der Waals surface area contributed by atoms with Gasteiger partial charge in [0.25, 0.3) is 0 Å². The Hall–Kier alpha value is -3.39. The molecule has 8 heteroatoms. The van der Waals surface area contributed by atoms with Crippen LogP contribution in [0.5, 0.6) is 5.75 Å². The van der Waals surface area contributed by atoms with Gasteiger partial charge in [-0.15, -0.1) is 0 Å². The molecule has 1 aliphatic rings. The van der Waals surface area contributed by atoms with E-state index in [4.69, 9.17) is 14.8 Å². The molecule has 7 nitrogen and oxygen atoms in total. The number of aryl methyl sites for hydroxylation is 2. The highest BCUT2D eigenvalue weighted by molar-refractivity contribution is 7.22. The van der Waals surface area contributed by atoms with Crippen LogP contribution in [0.1, 0.15) is 36.6 Å². The molecule has 5 rings (SSSR count). The van der Waals surface area contributed by atoms with E-state index in [2.05, 4.69) is 41.4 Å². The summed E-state index contributed by atoms with van der Waals surface area (Å²) >= 11 is 1.66. The number of anilines is 1. The average Bonchev–Trinajstić information content (AvgIpc) is 3.45. The molecule has 0 aliphatic carbocycles. The zero-order valence-electron chi connectivity index (χ0n) is 20.5. The van der Waals surface area contributed by atoms with Crippen LogP contribution < -0.4 is 15.0 Å². The van der Waals surface area contributed by atoms with E-state index in [1.807, 2.05) is 42.8 Å². The van der Waals surface area contributed by atoms with Crippen LogP contribution in [-0.2, 0) is 11.3 Å². The Kier molecular flexibility index (Phi) is 6.72. The number of hydrogen-bond acceptors (Lipinski definition) is 6. The first kappa shape index (κ1) is 23.4. The number of aromatic nitrogens is 3. The number of amides is 1. The summed E-state index contributed by atoms with van der Waals surface area (Å²) in [5.41, 5.74) is 5.08. The predicted octanol–water partition coefficient (Wildman–Crippen LogP) is 5.03. The maximum atomic E-state index is 13.1. The Labute approximate surface area is 209 Å². The quantitative estimate of drug-likeness (QED) is 0.394. The molecule has 1 saturated heterocycles. The Morgan fingerprint density at radius 2 is 1.97 bits per heavy atom. The third kappa shape index (κ3) is 4.89. The van der Waals surface area contributed by atoms with Crippen LogP contribution in [0.3, 0.4) is 0 Å². The molecule has 0 unspecified atom stereocenters. The van der Waals surface area contributed by atoms with Gasteiger partial charge in [0.2, 0.25) is 5.91 Å². The summed E-state index contributed by atoms with van der Waals surface area (Å²) in [6.07, 6.45) is 1.85. The highest BCUT2D eigenvalue weighted by atomic mass is 32.1. The molecule has 1 fully saturated rings. The number of carbonyl (C=O) groups is 1. The van der Waals surface area contributed by atoms with E-state index in [0.29, 0.717) is 19.7 Å². The van der Waals surface area contributed by atoms with Crippen LogP contribution in [0.25, 0.3) is 16.0 Å². The molecule has 0 spiro atoms. The first-order chi connectivity index (χ1) is 17.0. The van der Waals surface area contributed by atoms with Gasteiger partial charge in [-0.3, -0.25) is 4.79 Å². The second-order valence-corrected chi connectivity index (χ2v) is 10.0. The lowest BCUT2D eigenvalue weighted by atomic mass is 9.97. The summed E-state index contributed by atoms with van der Waals surface area (Å²) in [5.74, 6) is 0.849. The first-order valence-electron chi connectivity index (χ1n) is 12.2. The molecule has 0 radical (unpaired) electrons. The average molecular weight is 490 g/mol. The number of nitrogens with one attached hydrogen (secondary N) is 1. The van der Waals surface area contributed by atoms with E-state index in [-0.39, 0.29) is 11.8 Å². The molecule has 35 heavy (non-hydrogen) atoms. The van der Waals surface area contributed by atoms with E-state index < -0.39 is 0 Å². The molecule has 1 N–H and O–H groups in total. The normalized spacial score (nSPS) is 16.0. The summed E-state index contributed by atoms with van der Waals surface area (Å²) in [6.45, 7) is 8.73. The molecular formula is C27H31N5O2S. The minimum Gasteiger partial charge on any atom is -0.494 e. The fraction of sp³-hybridized carbons (Fsp3) is 0.370. The van der Waals surface area contributed by atoms with Crippen LogP contribution in [-0.4, -0.2) is 40.4 Å². The molecule has 4 aromatic rings. The smallest absolute Gasteiger partial charge is 0.225 e. The van der Waals surface area contributed by atoms with E-state index in [1.54, 1.807) is 11.3 Å². The lowest BCUT2D eigenvalue weighted by molar-refractivity contribution is -0.125. The highest BCUT2D eigenvalue weighted by Crippen LogP contribution is 2.34. The number of ether oxygens (including phenoxy) is 1. The largest absolute Gasteiger partial charge is 0.494 e. The van der Waals surface area contributed by atoms with Gasteiger partial charge in [-0.2, -0.15) is 10.1 Å². The second-order valence-electron chi connectivity index (χ2n) is 9.03. The van der Waals surface area contributed by atoms with Gasteiger partial charge in [0, 0.05) is 25.2 Å². The summed E-state index contributed by atoms with van der Waals surface area (Å²) in [5, 5.41) is 8.81. The van der Waals surface area contributed by atoms with Gasteiger partial charge < -0.3 is 15.0 Å². The van der Waals surface area contributed by atoms with Gasteiger partial charge >= 0.3 is 0 Å². The topological polar surface area (TPSA) is 72.3 Å². The summed E-state index contributed by atoms with van der Waals surface area (Å²) in [7, 11) is 0. The number of benzene rings is 2. The van der Waals surface area contributed by atoms with Gasteiger partial charge in [-0.25, -0.2) is 4.68 Å². The monoisotopic (exact) mass is 489 g/mol. The number of thiazole rings is 1. The van der Waals surface area contributed by atoms with E-state index in [1.165, 1.54) is 5.56 Å². The van der Waals surface area contributed by atoms with Gasteiger partial charge in [0.15, 0.2) is 10.8 Å². The Balaban J connectivity index is 1.30. The number of rotatable bonds is 7. The molecule has 2 aromatic carbocycles. The minimum atomic E-state index is -0.0651. The molecule has 0 bridgehead atoms. The van der Waals surface area contributed by atoms with Crippen molar-refractivity contribution in [3.8, 4) is 11.4 Å². The second kappa shape index (κ2) is 10.1. The van der Waals surface area contributed by atoms with Crippen molar-refractivity contribution < 1.29 is 9.53 Å². The van der Waals surface area contributed by atoms with Crippen molar-refractivity contribution >= 4 is 32.7 Å². The Bertz CT molecular complexity index is 1330. The standard InChI is InChI=1S/C27H31N5O2S/c1-4-34-23-10-6-5-8-20(23)16-28-26(33)21-9-7-15-31(17-21)27-29-25-24(35-27)19(3)30-32(25)22-13-11-18(2)12-14-22/h5-6,8,10-14,21H,4,7,9,15-17H2,1-3H3,(H,28,33)/t21-/m1/s1. The van der Waals surface area contributed by atoms with Crippen LogP contribution in [0.15, 0.2) is 48.5 Å². The fourth-order valence-corrected chi connectivity index (χ4v) is 5.58. The summed E-state index contributed by atoms with van der Waals surface area (Å²) in [4.78, 5) is 20.3. The molecule has 182 valence electrons. The summed E-state index contributed by atoms with van der Waals surface area (Å²) < 4.78 is 8.72. The Morgan fingerprint density at radius 1 is 1.17 bits per heavy atom. The first-order valence-corrected chi connectivity index (χ1v) is 13.0. The molecule has 1 amide bonds. The zero-order valence-corrected chi connectivity index (χ0v) is 21.3. The lowest BCUT2D eigenvalue weighted by Gasteiger charge is -2.31. The molecule has 3 heterocycles. The number of nitrogens with zero attached hydrogens (tertiary/aromatic N) is 4. The van der Waals surface area contributed by atoms with Gasteiger partial charge in [0.05, 0.1) is 28.6 Å². The maximum Gasteiger partial charge on any atom is 0.225 e.